The van der Waals surface area contributed by atoms with Crippen LogP contribution in [0.4, 0.5) is 0 Å². The fourth-order valence-electron chi connectivity index (χ4n) is 2.92. The Morgan fingerprint density at radius 2 is 1.92 bits per heavy atom. The van der Waals surface area contributed by atoms with E-state index >= 15 is 0 Å². The third-order valence-corrected chi connectivity index (χ3v) is 4.60. The van der Waals surface area contributed by atoms with Crippen LogP contribution >= 0.6 is 12.4 Å². The van der Waals surface area contributed by atoms with E-state index in [1.54, 1.807) is 7.11 Å². The molecule has 0 bridgehead atoms. The van der Waals surface area contributed by atoms with Gasteiger partial charge in [-0.05, 0) is 56.5 Å². The van der Waals surface area contributed by atoms with E-state index in [1.165, 1.54) is 5.56 Å². The van der Waals surface area contributed by atoms with E-state index in [2.05, 4.69) is 29.7 Å². The van der Waals surface area contributed by atoms with Crippen LogP contribution in [-0.4, -0.2) is 44.9 Å². The topological polar surface area (TPSA) is 59.6 Å². The van der Waals surface area contributed by atoms with Crippen molar-refractivity contribution in [3.8, 4) is 5.75 Å². The van der Waals surface area contributed by atoms with Crippen LogP contribution in [0.15, 0.2) is 24.3 Å². The first-order valence-corrected chi connectivity index (χ1v) is 8.96. The Balaban J connectivity index is 0.00000312. The third-order valence-electron chi connectivity index (χ3n) is 4.60. The van der Waals surface area contributed by atoms with Gasteiger partial charge in [0.05, 0.1) is 6.61 Å². The van der Waals surface area contributed by atoms with Crippen LogP contribution in [-0.2, 0) is 16.0 Å². The zero-order valence-electron chi connectivity index (χ0n) is 15.3. The summed E-state index contributed by atoms with van der Waals surface area (Å²) in [6.45, 7) is 5.17. The lowest BCUT2D eigenvalue weighted by molar-refractivity contribution is -0.146. The summed E-state index contributed by atoms with van der Waals surface area (Å²) in [5.41, 5.74) is 0.525. The van der Waals surface area contributed by atoms with Crippen molar-refractivity contribution >= 4 is 18.3 Å². The average Bonchev–Trinajstić information content (AvgIpc) is 2.63. The molecule has 0 spiro atoms. The van der Waals surface area contributed by atoms with E-state index in [0.29, 0.717) is 6.54 Å². The van der Waals surface area contributed by atoms with Gasteiger partial charge in [-0.3, -0.25) is 4.79 Å². The molecular formula is C19H31ClN2O3. The smallest absolute Gasteiger partial charge is 0.252 e. The van der Waals surface area contributed by atoms with Crippen molar-refractivity contribution in [3.63, 3.8) is 0 Å². The van der Waals surface area contributed by atoms with Crippen LogP contribution in [0.3, 0.4) is 0 Å². The number of carbonyl (C=O) groups excluding carboxylic acids is 1. The van der Waals surface area contributed by atoms with E-state index < -0.39 is 5.60 Å². The molecule has 25 heavy (non-hydrogen) atoms. The zero-order chi connectivity index (χ0) is 17.3. The summed E-state index contributed by atoms with van der Waals surface area (Å²) in [7, 11) is 1.63. The van der Waals surface area contributed by atoms with Gasteiger partial charge in [-0.1, -0.05) is 25.5 Å². The first kappa shape index (κ1) is 21.7. The molecule has 0 aliphatic carbocycles. The Kier molecular flexibility index (Phi) is 9.86. The second-order valence-corrected chi connectivity index (χ2v) is 6.30. The van der Waals surface area contributed by atoms with Crippen molar-refractivity contribution in [1.29, 1.82) is 0 Å². The van der Waals surface area contributed by atoms with Gasteiger partial charge in [0.25, 0.3) is 5.91 Å². The van der Waals surface area contributed by atoms with Crippen molar-refractivity contribution in [2.75, 3.05) is 33.4 Å². The first-order valence-electron chi connectivity index (χ1n) is 8.96. The number of amides is 1. The van der Waals surface area contributed by atoms with Crippen molar-refractivity contribution in [2.45, 2.75) is 44.6 Å². The molecule has 6 heteroatoms. The van der Waals surface area contributed by atoms with Crippen molar-refractivity contribution in [1.82, 2.24) is 10.6 Å². The van der Waals surface area contributed by atoms with Gasteiger partial charge in [0.15, 0.2) is 0 Å². The van der Waals surface area contributed by atoms with Gasteiger partial charge < -0.3 is 20.1 Å². The van der Waals surface area contributed by atoms with Crippen LogP contribution in [0.5, 0.6) is 5.75 Å². The Hall–Kier alpha value is -1.30. The number of unbranched alkanes of at least 4 members (excludes halogenated alkanes) is 1. The Morgan fingerprint density at radius 3 is 2.52 bits per heavy atom. The molecule has 5 nitrogen and oxygen atoms in total. The minimum atomic E-state index is -0.664. The molecule has 1 aromatic carbocycles. The fraction of sp³-hybridized carbons (Fsp3) is 0.632. The summed E-state index contributed by atoms with van der Waals surface area (Å²) >= 11 is 0. The molecule has 1 heterocycles. The lowest BCUT2D eigenvalue weighted by Crippen LogP contribution is -2.54. The lowest BCUT2D eigenvalue weighted by Gasteiger charge is -2.34. The zero-order valence-corrected chi connectivity index (χ0v) is 16.1. The normalized spacial score (nSPS) is 15.9. The molecule has 2 N–H and O–H groups in total. The number of hydrogen-bond acceptors (Lipinski definition) is 4. The molecule has 1 amide bonds. The van der Waals surface area contributed by atoms with E-state index in [4.69, 9.17) is 9.47 Å². The van der Waals surface area contributed by atoms with Gasteiger partial charge in [-0.25, -0.2) is 0 Å². The van der Waals surface area contributed by atoms with Gasteiger partial charge in [-0.15, -0.1) is 12.4 Å². The molecule has 1 saturated heterocycles. The maximum Gasteiger partial charge on any atom is 0.252 e. The van der Waals surface area contributed by atoms with Crippen LogP contribution in [0.1, 0.15) is 38.2 Å². The highest BCUT2D eigenvalue weighted by atomic mass is 35.5. The molecule has 0 radical (unpaired) electrons. The molecule has 2 rings (SSSR count). The third kappa shape index (κ3) is 6.49. The molecule has 0 saturated carbocycles. The van der Waals surface area contributed by atoms with E-state index in [0.717, 1.165) is 57.6 Å². The van der Waals surface area contributed by atoms with Crippen LogP contribution in [0.25, 0.3) is 0 Å². The molecule has 1 aliphatic rings. The highest BCUT2D eigenvalue weighted by Gasteiger charge is 2.39. The first-order chi connectivity index (χ1) is 11.7. The van der Waals surface area contributed by atoms with Crippen LogP contribution in [0.2, 0.25) is 0 Å². The van der Waals surface area contributed by atoms with Crippen molar-refractivity contribution in [3.05, 3.63) is 29.8 Å². The second kappa shape index (κ2) is 11.3. The molecule has 1 fully saturated rings. The predicted molar refractivity (Wildman–Crippen MR) is 103 cm³/mol. The summed E-state index contributed by atoms with van der Waals surface area (Å²) in [6, 6.07) is 8.11. The Labute approximate surface area is 157 Å². The number of methoxy groups -OCH3 is 1. The molecule has 142 valence electrons. The highest BCUT2D eigenvalue weighted by molar-refractivity contribution is 5.85. The minimum Gasteiger partial charge on any atom is -0.494 e. The van der Waals surface area contributed by atoms with E-state index in [9.17, 15) is 4.79 Å². The summed E-state index contributed by atoms with van der Waals surface area (Å²) in [4.78, 5) is 12.5. The number of piperidine rings is 1. The number of halogens is 1. The standard InChI is InChI=1S/C19H30N2O3.ClH/c1-3-4-15-24-17-7-5-16(6-8-17)9-12-21-18(22)19(23-2)10-13-20-14-11-19;/h5-8,20H,3-4,9-15H2,1-2H3,(H,21,22);1H. The predicted octanol–water partition coefficient (Wildman–Crippen LogP) is 2.71. The van der Waals surface area contributed by atoms with Gasteiger partial charge in [-0.2, -0.15) is 0 Å². The highest BCUT2D eigenvalue weighted by Crippen LogP contribution is 2.22. The van der Waals surface area contributed by atoms with Crippen LogP contribution < -0.4 is 15.4 Å². The monoisotopic (exact) mass is 370 g/mol. The molecule has 0 unspecified atom stereocenters. The molecule has 0 aromatic heterocycles. The summed E-state index contributed by atoms with van der Waals surface area (Å²) < 4.78 is 11.2. The number of nitrogens with one attached hydrogen (secondary N) is 2. The number of carbonyl (C=O) groups is 1. The molecule has 1 aliphatic heterocycles. The molecular weight excluding hydrogens is 340 g/mol. The molecule has 0 atom stereocenters. The van der Waals surface area contributed by atoms with Gasteiger partial charge in [0, 0.05) is 13.7 Å². The van der Waals surface area contributed by atoms with Gasteiger partial charge >= 0.3 is 0 Å². The van der Waals surface area contributed by atoms with Crippen molar-refractivity contribution in [2.24, 2.45) is 0 Å². The van der Waals surface area contributed by atoms with E-state index in [-0.39, 0.29) is 18.3 Å². The number of ether oxygens (including phenoxy) is 2. The minimum absolute atomic E-state index is 0. The second-order valence-electron chi connectivity index (χ2n) is 6.30. The fourth-order valence-corrected chi connectivity index (χ4v) is 2.92. The van der Waals surface area contributed by atoms with Crippen molar-refractivity contribution < 1.29 is 14.3 Å². The summed E-state index contributed by atoms with van der Waals surface area (Å²) in [6.07, 6.45) is 4.46. The van der Waals surface area contributed by atoms with Gasteiger partial charge in [0.2, 0.25) is 0 Å². The maximum atomic E-state index is 12.5. The van der Waals surface area contributed by atoms with Crippen LogP contribution in [0, 0.1) is 0 Å². The van der Waals surface area contributed by atoms with E-state index in [1.807, 2.05) is 12.1 Å². The Bertz CT molecular complexity index is 502. The molecule has 1 aromatic rings. The number of hydrogen-bond donors (Lipinski definition) is 2. The average molecular weight is 371 g/mol. The SMILES string of the molecule is CCCCOc1ccc(CCNC(=O)C2(OC)CCNCC2)cc1.Cl. The maximum absolute atomic E-state index is 12.5. The summed E-state index contributed by atoms with van der Waals surface area (Å²) in [5.74, 6) is 0.912. The Morgan fingerprint density at radius 1 is 1.24 bits per heavy atom. The number of benzene rings is 1. The quantitative estimate of drug-likeness (QED) is 0.656. The largest absolute Gasteiger partial charge is 0.494 e. The number of rotatable bonds is 9. The lowest BCUT2D eigenvalue weighted by atomic mass is 9.91. The van der Waals surface area contributed by atoms with Gasteiger partial charge in [0.1, 0.15) is 11.4 Å². The summed E-state index contributed by atoms with van der Waals surface area (Å²) in [5, 5.41) is 6.29.